The van der Waals surface area contributed by atoms with Gasteiger partial charge in [-0.2, -0.15) is 5.10 Å². The first kappa shape index (κ1) is 23.1. The lowest BCUT2D eigenvalue weighted by atomic mass is 10.0. The van der Waals surface area contributed by atoms with E-state index in [0.29, 0.717) is 24.4 Å². The van der Waals surface area contributed by atoms with Crippen LogP contribution in [0.2, 0.25) is 0 Å². The number of carbonyl (C=O) groups is 2. The van der Waals surface area contributed by atoms with Gasteiger partial charge >= 0.3 is 5.97 Å². The molecule has 0 atom stereocenters. The lowest BCUT2D eigenvalue weighted by Crippen LogP contribution is -2.47. The van der Waals surface area contributed by atoms with Crippen LogP contribution in [-0.2, 0) is 16.0 Å². The SMILES string of the molecule is CC(=O)OCCN1CCN(c2cc3c(cc2NC(=O)c2cnn4cccnc24)CC(C)(C)O3)CC1. The molecule has 1 saturated heterocycles. The van der Waals surface area contributed by atoms with E-state index in [1.165, 1.54) is 6.92 Å². The summed E-state index contributed by atoms with van der Waals surface area (Å²) < 4.78 is 12.9. The molecule has 1 fully saturated rings. The molecule has 5 rings (SSSR count). The molecule has 10 heteroatoms. The molecule has 0 aliphatic carbocycles. The van der Waals surface area contributed by atoms with E-state index in [9.17, 15) is 9.59 Å². The minimum Gasteiger partial charge on any atom is -0.487 e. The molecule has 3 aromatic rings. The van der Waals surface area contributed by atoms with Crippen LogP contribution in [0.1, 0.15) is 36.7 Å². The zero-order valence-corrected chi connectivity index (χ0v) is 20.3. The summed E-state index contributed by atoms with van der Waals surface area (Å²) in [4.78, 5) is 33.2. The number of rotatable bonds is 6. The predicted octanol–water partition coefficient (Wildman–Crippen LogP) is 2.38. The summed E-state index contributed by atoms with van der Waals surface area (Å²) in [5.74, 6) is 0.350. The second-order valence-corrected chi connectivity index (χ2v) is 9.58. The number of benzene rings is 1. The van der Waals surface area contributed by atoms with Gasteiger partial charge in [0.1, 0.15) is 23.5 Å². The number of hydrogen-bond acceptors (Lipinski definition) is 8. The van der Waals surface area contributed by atoms with Crippen molar-refractivity contribution >= 4 is 28.9 Å². The van der Waals surface area contributed by atoms with Crippen molar-refractivity contribution in [2.45, 2.75) is 32.8 Å². The van der Waals surface area contributed by atoms with Crippen molar-refractivity contribution in [3.05, 3.63) is 47.9 Å². The van der Waals surface area contributed by atoms with E-state index in [1.54, 1.807) is 29.2 Å². The van der Waals surface area contributed by atoms with Crippen LogP contribution in [0, 0.1) is 0 Å². The Morgan fingerprint density at radius 2 is 2.00 bits per heavy atom. The molecule has 0 bridgehead atoms. The summed E-state index contributed by atoms with van der Waals surface area (Å²) >= 11 is 0. The van der Waals surface area contributed by atoms with Crippen molar-refractivity contribution in [1.82, 2.24) is 19.5 Å². The first-order valence-corrected chi connectivity index (χ1v) is 11.9. The monoisotopic (exact) mass is 478 g/mol. The smallest absolute Gasteiger partial charge is 0.302 e. The zero-order chi connectivity index (χ0) is 24.6. The van der Waals surface area contributed by atoms with Gasteiger partial charge in [0.15, 0.2) is 5.65 Å². The predicted molar refractivity (Wildman–Crippen MR) is 131 cm³/mol. The number of hydrogen-bond donors (Lipinski definition) is 1. The third kappa shape index (κ3) is 4.93. The molecule has 0 radical (unpaired) electrons. The average Bonchev–Trinajstić information content (AvgIpc) is 3.38. The topological polar surface area (TPSA) is 101 Å². The summed E-state index contributed by atoms with van der Waals surface area (Å²) in [6.45, 7) is 9.88. The number of ether oxygens (including phenoxy) is 2. The lowest BCUT2D eigenvalue weighted by Gasteiger charge is -2.37. The molecule has 1 aromatic carbocycles. The number of aromatic nitrogens is 3. The fraction of sp³-hybridized carbons (Fsp3) is 0.440. The minimum atomic E-state index is -0.288. The molecule has 0 saturated carbocycles. The summed E-state index contributed by atoms with van der Waals surface area (Å²) in [5.41, 5.74) is 3.40. The van der Waals surface area contributed by atoms with E-state index in [4.69, 9.17) is 9.47 Å². The molecule has 184 valence electrons. The first-order valence-electron chi connectivity index (χ1n) is 11.9. The number of anilines is 2. The van der Waals surface area contributed by atoms with Crippen molar-refractivity contribution in [3.8, 4) is 5.75 Å². The van der Waals surface area contributed by atoms with Crippen LogP contribution in [-0.4, -0.2) is 76.3 Å². The van der Waals surface area contributed by atoms with Gasteiger partial charge in [-0.25, -0.2) is 9.50 Å². The van der Waals surface area contributed by atoms with Crippen LogP contribution >= 0.6 is 0 Å². The van der Waals surface area contributed by atoms with Gasteiger partial charge in [0.2, 0.25) is 0 Å². The minimum absolute atomic E-state index is 0.252. The maximum absolute atomic E-state index is 13.3. The fourth-order valence-electron chi connectivity index (χ4n) is 4.71. The molecule has 0 unspecified atom stereocenters. The molecule has 2 aromatic heterocycles. The number of piperazine rings is 1. The summed E-state index contributed by atoms with van der Waals surface area (Å²) in [6.07, 6.45) is 5.72. The number of fused-ring (bicyclic) bond motifs is 2. The Balaban J connectivity index is 1.38. The van der Waals surface area contributed by atoms with E-state index in [0.717, 1.165) is 55.3 Å². The number of nitrogens with one attached hydrogen (secondary N) is 1. The Hall–Kier alpha value is -3.66. The van der Waals surface area contributed by atoms with Gasteiger partial charge in [-0.1, -0.05) is 0 Å². The third-order valence-corrected chi connectivity index (χ3v) is 6.38. The highest BCUT2D eigenvalue weighted by Crippen LogP contribution is 2.42. The van der Waals surface area contributed by atoms with Crippen LogP contribution in [0.4, 0.5) is 11.4 Å². The summed E-state index contributed by atoms with van der Waals surface area (Å²) in [5, 5.41) is 7.36. The number of amides is 1. The molecule has 2 aliphatic heterocycles. The largest absolute Gasteiger partial charge is 0.487 e. The Kier molecular flexibility index (Phi) is 6.06. The van der Waals surface area contributed by atoms with E-state index in [-0.39, 0.29) is 17.5 Å². The highest BCUT2D eigenvalue weighted by atomic mass is 16.5. The highest BCUT2D eigenvalue weighted by molar-refractivity contribution is 6.09. The quantitative estimate of drug-likeness (QED) is 0.539. The van der Waals surface area contributed by atoms with Crippen LogP contribution in [0.25, 0.3) is 5.65 Å². The molecular formula is C25H30N6O4. The van der Waals surface area contributed by atoms with Gasteiger partial charge in [-0.15, -0.1) is 0 Å². The average molecular weight is 479 g/mol. The molecular weight excluding hydrogens is 448 g/mol. The molecule has 10 nitrogen and oxygen atoms in total. The number of esters is 1. The maximum atomic E-state index is 13.3. The summed E-state index contributed by atoms with van der Waals surface area (Å²) in [7, 11) is 0. The van der Waals surface area contributed by atoms with Gasteiger partial charge < -0.3 is 19.7 Å². The zero-order valence-electron chi connectivity index (χ0n) is 20.3. The fourth-order valence-corrected chi connectivity index (χ4v) is 4.71. The molecule has 0 spiro atoms. The maximum Gasteiger partial charge on any atom is 0.302 e. The van der Waals surface area contributed by atoms with Gasteiger partial charge in [0.25, 0.3) is 5.91 Å². The summed E-state index contributed by atoms with van der Waals surface area (Å²) in [6, 6.07) is 5.85. The third-order valence-electron chi connectivity index (χ3n) is 6.38. The van der Waals surface area contributed by atoms with E-state index >= 15 is 0 Å². The normalized spacial score (nSPS) is 17.2. The lowest BCUT2D eigenvalue weighted by molar-refractivity contribution is -0.141. The van der Waals surface area contributed by atoms with Gasteiger partial charge in [-0.3, -0.25) is 14.5 Å². The molecule has 4 heterocycles. The van der Waals surface area contributed by atoms with E-state index < -0.39 is 0 Å². The highest BCUT2D eigenvalue weighted by Gasteiger charge is 2.32. The Labute approximate surface area is 203 Å². The van der Waals surface area contributed by atoms with Crippen molar-refractivity contribution in [1.29, 1.82) is 0 Å². The number of carbonyl (C=O) groups excluding carboxylic acids is 2. The van der Waals surface area contributed by atoms with Gasteiger partial charge in [0.05, 0.1) is 17.6 Å². The molecule has 1 N–H and O–H groups in total. The second-order valence-electron chi connectivity index (χ2n) is 9.58. The van der Waals surface area contributed by atoms with Crippen LogP contribution in [0.15, 0.2) is 36.8 Å². The first-order chi connectivity index (χ1) is 16.8. The Morgan fingerprint density at radius 3 is 2.77 bits per heavy atom. The molecule has 35 heavy (non-hydrogen) atoms. The Morgan fingerprint density at radius 1 is 1.20 bits per heavy atom. The second kappa shape index (κ2) is 9.18. The van der Waals surface area contributed by atoms with Gasteiger partial charge in [-0.05, 0) is 26.0 Å². The van der Waals surface area contributed by atoms with E-state index in [1.807, 2.05) is 12.1 Å². The van der Waals surface area contributed by atoms with Crippen molar-refractivity contribution in [2.24, 2.45) is 0 Å². The van der Waals surface area contributed by atoms with Crippen molar-refractivity contribution in [2.75, 3.05) is 49.5 Å². The standard InChI is InChI=1S/C25H30N6O4/c1-17(32)34-12-11-29-7-9-30(10-8-29)21-14-22-18(15-25(2,3)35-22)13-20(21)28-24(33)19-16-27-31-6-4-5-26-23(19)31/h4-6,13-14,16H,7-12,15H2,1-3H3,(H,28,33). The van der Waals surface area contributed by atoms with Crippen molar-refractivity contribution < 1.29 is 19.1 Å². The van der Waals surface area contributed by atoms with Crippen LogP contribution < -0.4 is 15.0 Å². The van der Waals surface area contributed by atoms with Crippen LogP contribution in [0.5, 0.6) is 5.75 Å². The van der Waals surface area contributed by atoms with Crippen LogP contribution in [0.3, 0.4) is 0 Å². The van der Waals surface area contributed by atoms with Crippen molar-refractivity contribution in [3.63, 3.8) is 0 Å². The van der Waals surface area contributed by atoms with E-state index in [2.05, 4.69) is 39.0 Å². The van der Waals surface area contributed by atoms with Gasteiger partial charge in [0, 0.05) is 70.1 Å². The molecule has 2 aliphatic rings. The molecule has 1 amide bonds. The number of nitrogens with zero attached hydrogens (tertiary/aromatic N) is 5. The Bertz CT molecular complexity index is 1260.